The third-order valence-corrected chi connectivity index (χ3v) is 4.69. The fraction of sp³-hybridized carbons (Fsp3) is 0.500. The second-order valence-electron chi connectivity index (χ2n) is 5.86. The van der Waals surface area contributed by atoms with Crippen LogP contribution < -0.4 is 0 Å². The van der Waals surface area contributed by atoms with Crippen LogP contribution in [0, 0.1) is 23.7 Å². The van der Waals surface area contributed by atoms with Gasteiger partial charge in [-0.05, 0) is 23.8 Å². The lowest BCUT2D eigenvalue weighted by Crippen LogP contribution is -2.37. The van der Waals surface area contributed by atoms with Crippen LogP contribution in [0.2, 0.25) is 0 Å². The molecule has 0 radical (unpaired) electrons. The van der Waals surface area contributed by atoms with Gasteiger partial charge in [-0.2, -0.15) is 0 Å². The first-order chi connectivity index (χ1) is 9.31. The smallest absolute Gasteiger partial charge is 0.124 e. The van der Waals surface area contributed by atoms with Crippen molar-refractivity contribution in [2.75, 3.05) is 13.1 Å². The maximum absolute atomic E-state index is 11.2. The van der Waals surface area contributed by atoms with Crippen molar-refractivity contribution in [1.82, 2.24) is 4.90 Å². The molecule has 1 aromatic rings. The van der Waals surface area contributed by atoms with E-state index >= 15 is 0 Å². The lowest BCUT2D eigenvalue weighted by Gasteiger charge is -2.32. The number of piperidine rings is 1. The number of nitrogens with zero attached hydrogens (tertiary/aromatic N) is 1. The highest BCUT2D eigenvalue weighted by Crippen LogP contribution is 2.44. The summed E-state index contributed by atoms with van der Waals surface area (Å²) >= 11 is 0. The van der Waals surface area contributed by atoms with Crippen molar-refractivity contribution in [3.63, 3.8) is 0 Å². The summed E-state index contributed by atoms with van der Waals surface area (Å²) in [4.78, 5) is 24.8. The van der Waals surface area contributed by atoms with E-state index in [4.69, 9.17) is 0 Å². The first-order valence-electron chi connectivity index (χ1n) is 6.98. The molecule has 3 nitrogen and oxygen atoms in total. The summed E-state index contributed by atoms with van der Waals surface area (Å²) in [6, 6.07) is 10.4. The third kappa shape index (κ3) is 2.35. The van der Waals surface area contributed by atoms with Gasteiger partial charge in [0.15, 0.2) is 0 Å². The largest absolute Gasteiger partial charge is 0.303 e. The third-order valence-electron chi connectivity index (χ3n) is 4.69. The molecule has 4 atom stereocenters. The zero-order chi connectivity index (χ0) is 13.2. The second kappa shape index (κ2) is 5.25. The Morgan fingerprint density at radius 1 is 1.00 bits per heavy atom. The molecule has 0 spiro atoms. The van der Waals surface area contributed by atoms with Crippen molar-refractivity contribution >= 4 is 12.6 Å². The van der Waals surface area contributed by atoms with Crippen LogP contribution in [0.1, 0.15) is 12.0 Å². The quantitative estimate of drug-likeness (QED) is 0.771. The molecule has 1 aliphatic heterocycles. The van der Waals surface area contributed by atoms with E-state index in [9.17, 15) is 9.59 Å². The summed E-state index contributed by atoms with van der Waals surface area (Å²) < 4.78 is 0. The average molecular weight is 257 g/mol. The molecule has 2 fully saturated rings. The molecule has 100 valence electrons. The number of carbonyl (C=O) groups excluding carboxylic acids is 2. The van der Waals surface area contributed by atoms with Gasteiger partial charge in [0.2, 0.25) is 0 Å². The van der Waals surface area contributed by atoms with Crippen LogP contribution in [0.15, 0.2) is 30.3 Å². The molecule has 4 unspecified atom stereocenters. The van der Waals surface area contributed by atoms with Crippen LogP contribution in [0.4, 0.5) is 0 Å². The van der Waals surface area contributed by atoms with Gasteiger partial charge in [-0.25, -0.2) is 0 Å². The van der Waals surface area contributed by atoms with Crippen molar-refractivity contribution in [1.29, 1.82) is 0 Å². The molecular weight excluding hydrogens is 238 g/mol. The van der Waals surface area contributed by atoms with Gasteiger partial charge in [-0.1, -0.05) is 30.3 Å². The van der Waals surface area contributed by atoms with Crippen LogP contribution in [0.5, 0.6) is 0 Å². The van der Waals surface area contributed by atoms with Gasteiger partial charge in [-0.3, -0.25) is 4.90 Å². The normalized spacial score (nSPS) is 34.1. The van der Waals surface area contributed by atoms with E-state index in [0.717, 1.165) is 38.6 Å². The Kier molecular flexibility index (Phi) is 3.47. The molecule has 2 bridgehead atoms. The molecule has 1 saturated carbocycles. The van der Waals surface area contributed by atoms with Gasteiger partial charge in [-0.15, -0.1) is 0 Å². The highest BCUT2D eigenvalue weighted by Gasteiger charge is 2.47. The number of hydrogen-bond acceptors (Lipinski definition) is 3. The van der Waals surface area contributed by atoms with Gasteiger partial charge < -0.3 is 9.59 Å². The molecule has 3 rings (SSSR count). The standard InChI is InChI=1S/C16H19NO2/c18-10-15-13-6-14(16(15)11-19)9-17(8-13)7-12-4-2-1-3-5-12/h1-5,10-11,13-16H,6-9H2. The van der Waals surface area contributed by atoms with E-state index < -0.39 is 0 Å². The number of likely N-dealkylation sites (tertiary alicyclic amines) is 1. The Morgan fingerprint density at radius 2 is 1.58 bits per heavy atom. The maximum Gasteiger partial charge on any atom is 0.124 e. The number of hydrogen-bond donors (Lipinski definition) is 0. The molecule has 3 heteroatoms. The van der Waals surface area contributed by atoms with Crippen LogP contribution in [0.3, 0.4) is 0 Å². The zero-order valence-electron chi connectivity index (χ0n) is 10.9. The maximum atomic E-state index is 11.2. The molecule has 1 aliphatic carbocycles. The highest BCUT2D eigenvalue weighted by atomic mass is 16.1. The summed E-state index contributed by atoms with van der Waals surface area (Å²) in [5, 5.41) is 0. The summed E-state index contributed by atoms with van der Waals surface area (Å²) in [5.74, 6) is 0.636. The predicted octanol–water partition coefficient (Wildman–Crippen LogP) is 1.77. The number of aldehydes is 2. The Balaban J connectivity index is 1.72. The summed E-state index contributed by atoms with van der Waals surface area (Å²) in [6.45, 7) is 2.81. The summed E-state index contributed by atoms with van der Waals surface area (Å²) in [7, 11) is 0. The van der Waals surface area contributed by atoms with Gasteiger partial charge in [0.1, 0.15) is 12.6 Å². The molecule has 0 amide bonds. The lowest BCUT2D eigenvalue weighted by molar-refractivity contribution is -0.119. The van der Waals surface area contributed by atoms with Crippen LogP contribution in [0.25, 0.3) is 0 Å². The van der Waals surface area contributed by atoms with Crippen molar-refractivity contribution < 1.29 is 9.59 Å². The van der Waals surface area contributed by atoms with Crippen LogP contribution in [-0.4, -0.2) is 30.6 Å². The minimum Gasteiger partial charge on any atom is -0.303 e. The molecule has 0 aromatic heterocycles. The Hall–Kier alpha value is -1.48. The van der Waals surface area contributed by atoms with Crippen molar-refractivity contribution in [2.45, 2.75) is 13.0 Å². The Morgan fingerprint density at radius 3 is 2.11 bits per heavy atom. The molecule has 1 saturated heterocycles. The Labute approximate surface area is 113 Å². The summed E-state index contributed by atoms with van der Waals surface area (Å²) in [5.41, 5.74) is 1.30. The van der Waals surface area contributed by atoms with Crippen LogP contribution >= 0.6 is 0 Å². The van der Waals surface area contributed by atoms with Crippen molar-refractivity contribution in [3.05, 3.63) is 35.9 Å². The average Bonchev–Trinajstić information content (AvgIpc) is 2.69. The van der Waals surface area contributed by atoms with Gasteiger partial charge in [0, 0.05) is 31.5 Å². The van der Waals surface area contributed by atoms with E-state index in [1.54, 1.807) is 0 Å². The first-order valence-corrected chi connectivity index (χ1v) is 6.98. The minimum atomic E-state index is -0.0525. The number of fused-ring (bicyclic) bond motifs is 2. The lowest BCUT2D eigenvalue weighted by atomic mass is 9.91. The SMILES string of the molecule is O=CC1C2CC(CN(Cc3ccccc3)C2)C1C=O. The van der Waals surface area contributed by atoms with E-state index in [1.165, 1.54) is 5.56 Å². The molecule has 1 aromatic carbocycles. The fourth-order valence-electron chi connectivity index (χ4n) is 3.84. The highest BCUT2D eigenvalue weighted by molar-refractivity contribution is 5.67. The van der Waals surface area contributed by atoms with E-state index in [-0.39, 0.29) is 11.8 Å². The van der Waals surface area contributed by atoms with Gasteiger partial charge in [0.25, 0.3) is 0 Å². The van der Waals surface area contributed by atoms with Gasteiger partial charge in [0.05, 0.1) is 0 Å². The Bertz CT molecular complexity index is 437. The van der Waals surface area contributed by atoms with Gasteiger partial charge >= 0.3 is 0 Å². The fourth-order valence-corrected chi connectivity index (χ4v) is 3.84. The van der Waals surface area contributed by atoms with E-state index in [1.807, 2.05) is 6.07 Å². The first kappa shape index (κ1) is 12.5. The molecule has 0 N–H and O–H groups in total. The van der Waals surface area contributed by atoms with E-state index in [0.29, 0.717) is 11.8 Å². The molecular formula is C16H19NO2. The van der Waals surface area contributed by atoms with E-state index in [2.05, 4.69) is 29.2 Å². The minimum absolute atomic E-state index is 0.0525. The van der Waals surface area contributed by atoms with Crippen molar-refractivity contribution in [3.8, 4) is 0 Å². The number of benzene rings is 1. The summed E-state index contributed by atoms with van der Waals surface area (Å²) in [6.07, 6.45) is 3.06. The molecule has 2 aliphatic rings. The predicted molar refractivity (Wildman–Crippen MR) is 72.4 cm³/mol. The number of carbonyl (C=O) groups is 2. The topological polar surface area (TPSA) is 37.4 Å². The number of rotatable bonds is 4. The monoisotopic (exact) mass is 257 g/mol. The molecule has 1 heterocycles. The van der Waals surface area contributed by atoms with Crippen LogP contribution in [-0.2, 0) is 16.1 Å². The van der Waals surface area contributed by atoms with Crippen molar-refractivity contribution in [2.24, 2.45) is 23.7 Å². The second-order valence-corrected chi connectivity index (χ2v) is 5.86. The zero-order valence-corrected chi connectivity index (χ0v) is 10.9. The molecule has 19 heavy (non-hydrogen) atoms.